The number of halogens is 3. The molecule has 14 heavy (non-hydrogen) atoms. The molecule has 2 atom stereocenters. The van der Waals surface area contributed by atoms with Crippen LogP contribution in [0.5, 0.6) is 0 Å². The van der Waals surface area contributed by atoms with Crippen molar-refractivity contribution >= 4 is 6.47 Å². The molecule has 0 amide bonds. The van der Waals surface area contributed by atoms with Gasteiger partial charge in [-0.2, -0.15) is 13.2 Å². The van der Waals surface area contributed by atoms with Gasteiger partial charge in [-0.05, 0) is 0 Å². The normalized spacial score (nSPS) is 30.4. The third-order valence-electron chi connectivity index (χ3n) is 2.50. The smallest absolute Gasteiger partial charge is 0.409 e. The van der Waals surface area contributed by atoms with Gasteiger partial charge in [0.2, 0.25) is 0 Å². The van der Waals surface area contributed by atoms with Crippen molar-refractivity contribution in [3.8, 4) is 0 Å². The van der Waals surface area contributed by atoms with Crippen molar-refractivity contribution < 1.29 is 22.7 Å². The van der Waals surface area contributed by atoms with Gasteiger partial charge in [-0.3, -0.25) is 4.79 Å². The molecular formula is C9H11F3O2. The predicted octanol–water partition coefficient (Wildman–Crippen LogP) is 2.30. The lowest BCUT2D eigenvalue weighted by atomic mass is 10.1. The summed E-state index contributed by atoms with van der Waals surface area (Å²) in [6.07, 6.45) is -3.50. The van der Waals surface area contributed by atoms with Crippen LogP contribution in [-0.2, 0) is 9.53 Å². The first-order valence-electron chi connectivity index (χ1n) is 4.14. The van der Waals surface area contributed by atoms with Gasteiger partial charge in [0, 0.05) is 17.4 Å². The Kier molecular flexibility index (Phi) is 2.61. The van der Waals surface area contributed by atoms with Crippen molar-refractivity contribution in [3.63, 3.8) is 0 Å². The largest absolute Gasteiger partial charge is 0.463 e. The van der Waals surface area contributed by atoms with Crippen molar-refractivity contribution in [2.75, 3.05) is 0 Å². The summed E-state index contributed by atoms with van der Waals surface area (Å²) in [6, 6.07) is 0. The topological polar surface area (TPSA) is 26.3 Å². The Labute approximate surface area is 79.7 Å². The third kappa shape index (κ3) is 2.27. The first kappa shape index (κ1) is 11.1. The van der Waals surface area contributed by atoms with Crippen LogP contribution in [0.3, 0.4) is 0 Å². The van der Waals surface area contributed by atoms with E-state index in [0.717, 1.165) is 6.08 Å². The Morgan fingerprint density at radius 2 is 1.93 bits per heavy atom. The number of rotatable bonds is 3. The lowest BCUT2D eigenvalue weighted by Crippen LogP contribution is -2.01. The van der Waals surface area contributed by atoms with E-state index in [1.165, 1.54) is 0 Å². The standard InChI is InChI=1S/C9H11F3O2/c1-8(2)6(7(8)14-5-13)3-4-9(10,11)12/h3-7H,1-2H3/t6?,7-/m1/s1. The number of ether oxygens (including phenoxy) is 1. The highest BCUT2D eigenvalue weighted by atomic mass is 19.4. The Hall–Kier alpha value is -1.00. The number of carbonyl (C=O) groups excluding carboxylic acids is 1. The third-order valence-corrected chi connectivity index (χ3v) is 2.50. The van der Waals surface area contributed by atoms with E-state index in [4.69, 9.17) is 0 Å². The molecule has 0 spiro atoms. The summed E-state index contributed by atoms with van der Waals surface area (Å²) in [7, 11) is 0. The number of hydrogen-bond donors (Lipinski definition) is 0. The molecule has 0 aromatic carbocycles. The molecule has 1 saturated carbocycles. The Bertz CT molecular complexity index is 255. The molecule has 0 aromatic rings. The molecule has 1 rings (SSSR count). The molecule has 0 N–H and O–H groups in total. The maximum absolute atomic E-state index is 11.8. The molecular weight excluding hydrogens is 197 g/mol. The SMILES string of the molecule is CC1(C)C(C=CC(F)(F)F)[C@H]1OC=O. The number of alkyl halides is 3. The molecule has 1 fully saturated rings. The van der Waals surface area contributed by atoms with Crippen molar-refractivity contribution in [2.24, 2.45) is 11.3 Å². The van der Waals surface area contributed by atoms with Gasteiger partial charge in [0.1, 0.15) is 6.10 Å². The zero-order chi connectivity index (χ0) is 11.0. The van der Waals surface area contributed by atoms with Gasteiger partial charge >= 0.3 is 6.18 Å². The second kappa shape index (κ2) is 3.29. The summed E-state index contributed by atoms with van der Waals surface area (Å²) < 4.78 is 40.1. The zero-order valence-electron chi connectivity index (χ0n) is 7.84. The Morgan fingerprint density at radius 3 is 2.36 bits per heavy atom. The van der Waals surface area contributed by atoms with E-state index < -0.39 is 12.3 Å². The molecule has 0 heterocycles. The van der Waals surface area contributed by atoms with Crippen molar-refractivity contribution in [2.45, 2.75) is 26.1 Å². The molecule has 5 heteroatoms. The number of hydrogen-bond acceptors (Lipinski definition) is 2. The fraction of sp³-hybridized carbons (Fsp3) is 0.667. The van der Waals surface area contributed by atoms with Gasteiger partial charge in [-0.15, -0.1) is 0 Å². The molecule has 1 aliphatic rings. The van der Waals surface area contributed by atoms with E-state index in [0.29, 0.717) is 0 Å². The molecule has 1 aliphatic carbocycles. The van der Waals surface area contributed by atoms with Crippen LogP contribution in [0.15, 0.2) is 12.2 Å². The molecule has 0 saturated heterocycles. The van der Waals surface area contributed by atoms with E-state index in [1.54, 1.807) is 13.8 Å². The van der Waals surface area contributed by atoms with Gasteiger partial charge in [0.25, 0.3) is 6.47 Å². The van der Waals surface area contributed by atoms with Crippen LogP contribution in [0.2, 0.25) is 0 Å². The fourth-order valence-electron chi connectivity index (χ4n) is 1.51. The predicted molar refractivity (Wildman–Crippen MR) is 43.4 cm³/mol. The Morgan fingerprint density at radius 1 is 1.36 bits per heavy atom. The van der Waals surface area contributed by atoms with Crippen LogP contribution in [-0.4, -0.2) is 18.8 Å². The summed E-state index contributed by atoms with van der Waals surface area (Å²) in [6.45, 7) is 3.78. The summed E-state index contributed by atoms with van der Waals surface area (Å²) in [5.74, 6) is -0.339. The summed E-state index contributed by atoms with van der Waals surface area (Å²) >= 11 is 0. The maximum Gasteiger partial charge on any atom is 0.409 e. The van der Waals surface area contributed by atoms with E-state index in [9.17, 15) is 18.0 Å². The minimum Gasteiger partial charge on any atom is -0.463 e. The van der Waals surface area contributed by atoms with Crippen molar-refractivity contribution in [3.05, 3.63) is 12.2 Å². The van der Waals surface area contributed by atoms with Crippen LogP contribution in [0.4, 0.5) is 13.2 Å². The van der Waals surface area contributed by atoms with Crippen LogP contribution in [0, 0.1) is 11.3 Å². The lowest BCUT2D eigenvalue weighted by molar-refractivity contribution is -0.130. The molecule has 0 aliphatic heterocycles. The van der Waals surface area contributed by atoms with Gasteiger partial charge in [-0.1, -0.05) is 19.9 Å². The number of carbonyl (C=O) groups is 1. The average Bonchev–Trinajstić information content (AvgIpc) is 2.49. The van der Waals surface area contributed by atoms with Gasteiger partial charge in [0.15, 0.2) is 0 Å². The summed E-state index contributed by atoms with van der Waals surface area (Å²) in [5.41, 5.74) is -0.386. The first-order chi connectivity index (χ1) is 6.29. The van der Waals surface area contributed by atoms with E-state index >= 15 is 0 Å². The van der Waals surface area contributed by atoms with Gasteiger partial charge < -0.3 is 4.74 Å². The highest BCUT2D eigenvalue weighted by Crippen LogP contribution is 2.54. The highest BCUT2D eigenvalue weighted by Gasteiger charge is 2.59. The van der Waals surface area contributed by atoms with Crippen LogP contribution in [0.25, 0.3) is 0 Å². The minimum absolute atomic E-state index is 0.188. The van der Waals surface area contributed by atoms with Crippen molar-refractivity contribution in [1.82, 2.24) is 0 Å². The highest BCUT2D eigenvalue weighted by molar-refractivity contribution is 5.40. The average molecular weight is 208 g/mol. The lowest BCUT2D eigenvalue weighted by Gasteiger charge is -1.98. The monoisotopic (exact) mass is 208 g/mol. The van der Waals surface area contributed by atoms with Crippen LogP contribution >= 0.6 is 0 Å². The summed E-state index contributed by atoms with van der Waals surface area (Å²) in [5, 5.41) is 0. The Balaban J connectivity index is 2.57. The van der Waals surface area contributed by atoms with Crippen molar-refractivity contribution in [1.29, 1.82) is 0 Å². The molecule has 80 valence electrons. The van der Waals surface area contributed by atoms with E-state index in [-0.39, 0.29) is 23.9 Å². The molecule has 0 radical (unpaired) electrons. The second-order valence-corrected chi connectivity index (χ2v) is 3.90. The summed E-state index contributed by atoms with van der Waals surface area (Å²) in [4.78, 5) is 10.0. The molecule has 2 nitrogen and oxygen atoms in total. The van der Waals surface area contributed by atoms with E-state index in [1.807, 2.05) is 0 Å². The second-order valence-electron chi connectivity index (χ2n) is 3.90. The number of allylic oxidation sites excluding steroid dienone is 1. The zero-order valence-corrected chi connectivity index (χ0v) is 7.84. The molecule has 0 bridgehead atoms. The van der Waals surface area contributed by atoms with E-state index in [2.05, 4.69) is 4.74 Å². The molecule has 1 unspecified atom stereocenters. The fourth-order valence-corrected chi connectivity index (χ4v) is 1.51. The van der Waals surface area contributed by atoms with Gasteiger partial charge in [-0.25, -0.2) is 0 Å². The molecule has 0 aromatic heterocycles. The first-order valence-corrected chi connectivity index (χ1v) is 4.14. The van der Waals surface area contributed by atoms with Gasteiger partial charge in [0.05, 0.1) is 0 Å². The van der Waals surface area contributed by atoms with Crippen LogP contribution in [0.1, 0.15) is 13.8 Å². The van der Waals surface area contributed by atoms with Crippen LogP contribution < -0.4 is 0 Å². The maximum atomic E-state index is 11.8. The quantitative estimate of drug-likeness (QED) is 0.525. The minimum atomic E-state index is -4.30.